The summed E-state index contributed by atoms with van der Waals surface area (Å²) in [5.74, 6) is 0.407. The Kier molecular flexibility index (Phi) is 6.51. The minimum atomic E-state index is -0.256. The molecule has 4 rings (SSSR count). The third kappa shape index (κ3) is 5.14. The van der Waals surface area contributed by atoms with Crippen molar-refractivity contribution in [1.29, 1.82) is 0 Å². The van der Waals surface area contributed by atoms with Crippen LogP contribution in [0.15, 0.2) is 36.7 Å². The third-order valence-corrected chi connectivity index (χ3v) is 5.65. The van der Waals surface area contributed by atoms with Gasteiger partial charge in [-0.05, 0) is 56.3 Å². The van der Waals surface area contributed by atoms with Crippen LogP contribution in [0.4, 0.5) is 17.3 Å². The third-order valence-electron chi connectivity index (χ3n) is 5.65. The van der Waals surface area contributed by atoms with Crippen molar-refractivity contribution in [2.24, 2.45) is 0 Å². The molecule has 0 radical (unpaired) electrons. The SMILES string of the molecule is CB(O)CCCCc1cnc(C)c(Nc2ncc3c(n2)-c2ccc(C)cc2NC(=O)C3)c1. The van der Waals surface area contributed by atoms with Crippen molar-refractivity contribution in [2.45, 2.75) is 52.7 Å². The monoisotopic (exact) mass is 429 g/mol. The molecule has 3 aromatic rings. The molecule has 1 aromatic carbocycles. The van der Waals surface area contributed by atoms with E-state index >= 15 is 0 Å². The van der Waals surface area contributed by atoms with Gasteiger partial charge in [-0.2, -0.15) is 0 Å². The summed E-state index contributed by atoms with van der Waals surface area (Å²) in [4.78, 5) is 26.1. The van der Waals surface area contributed by atoms with Crippen LogP contribution in [0.5, 0.6) is 0 Å². The van der Waals surface area contributed by atoms with Crippen LogP contribution < -0.4 is 10.6 Å². The van der Waals surface area contributed by atoms with E-state index in [1.807, 2.05) is 45.1 Å². The van der Waals surface area contributed by atoms with Gasteiger partial charge in [-0.25, -0.2) is 9.97 Å². The second kappa shape index (κ2) is 9.48. The maximum Gasteiger partial charge on any atom is 0.285 e. The smallest absolute Gasteiger partial charge is 0.285 e. The molecule has 8 heteroatoms. The number of hydrogen-bond acceptors (Lipinski definition) is 6. The number of aromatic nitrogens is 3. The summed E-state index contributed by atoms with van der Waals surface area (Å²) >= 11 is 0. The Morgan fingerprint density at radius 3 is 2.81 bits per heavy atom. The molecule has 0 saturated carbocycles. The van der Waals surface area contributed by atoms with Crippen molar-refractivity contribution >= 4 is 30.1 Å². The number of fused-ring (bicyclic) bond motifs is 3. The van der Waals surface area contributed by atoms with E-state index < -0.39 is 0 Å². The molecule has 1 aliphatic heterocycles. The molecule has 0 fully saturated rings. The molecule has 2 aromatic heterocycles. The Hall–Kier alpha value is -3.26. The highest BCUT2D eigenvalue weighted by Crippen LogP contribution is 2.34. The Morgan fingerprint density at radius 1 is 1.16 bits per heavy atom. The lowest BCUT2D eigenvalue weighted by Gasteiger charge is -2.13. The molecule has 3 heterocycles. The van der Waals surface area contributed by atoms with Crippen LogP contribution in [-0.4, -0.2) is 32.8 Å². The predicted octanol–water partition coefficient (Wildman–Crippen LogP) is 4.33. The zero-order valence-corrected chi connectivity index (χ0v) is 18.8. The first-order chi connectivity index (χ1) is 15.4. The number of unbranched alkanes of at least 4 members (excludes halogenated alkanes) is 1. The van der Waals surface area contributed by atoms with Crippen LogP contribution >= 0.6 is 0 Å². The van der Waals surface area contributed by atoms with Gasteiger partial charge in [0, 0.05) is 23.5 Å². The standard InChI is InChI=1S/C24H28BN5O2/c1-15-7-8-19-21(10-15)28-22(31)12-18-14-27-24(30-23(18)19)29-20-11-17(13-26-16(20)2)6-4-5-9-25(3)32/h7-8,10-11,13-14,32H,4-6,9,12H2,1-3H3,(H,28,31)(H,27,29,30). The highest BCUT2D eigenvalue weighted by molar-refractivity contribution is 6.48. The van der Waals surface area contributed by atoms with Crippen molar-refractivity contribution < 1.29 is 9.82 Å². The number of nitrogens with zero attached hydrogens (tertiary/aromatic N) is 3. The summed E-state index contributed by atoms with van der Waals surface area (Å²) in [6.07, 6.45) is 7.56. The van der Waals surface area contributed by atoms with Gasteiger partial charge in [0.1, 0.15) is 0 Å². The molecule has 164 valence electrons. The minimum Gasteiger partial charge on any atom is -0.451 e. The van der Waals surface area contributed by atoms with Crippen molar-refractivity contribution in [3.8, 4) is 11.3 Å². The van der Waals surface area contributed by atoms with E-state index in [-0.39, 0.29) is 19.2 Å². The maximum absolute atomic E-state index is 12.3. The number of carbonyl (C=O) groups is 1. The van der Waals surface area contributed by atoms with E-state index in [2.05, 4.69) is 26.7 Å². The Morgan fingerprint density at radius 2 is 2.00 bits per heavy atom. The second-order valence-electron chi connectivity index (χ2n) is 8.54. The molecule has 0 bridgehead atoms. The number of benzene rings is 1. The molecular formula is C24H28BN5O2. The molecule has 1 aliphatic rings. The largest absolute Gasteiger partial charge is 0.451 e. The van der Waals surface area contributed by atoms with Crippen molar-refractivity contribution in [3.05, 3.63) is 59.0 Å². The van der Waals surface area contributed by atoms with Crippen molar-refractivity contribution in [1.82, 2.24) is 15.0 Å². The zero-order chi connectivity index (χ0) is 22.7. The van der Waals surface area contributed by atoms with Crippen LogP contribution in [0.2, 0.25) is 13.1 Å². The minimum absolute atomic E-state index is 0.0664. The summed E-state index contributed by atoms with van der Waals surface area (Å²) in [6, 6.07) is 8.06. The number of hydrogen-bond donors (Lipinski definition) is 3. The van der Waals surface area contributed by atoms with Gasteiger partial charge in [0.25, 0.3) is 6.92 Å². The van der Waals surface area contributed by atoms with Gasteiger partial charge < -0.3 is 15.7 Å². The molecule has 1 amide bonds. The Labute approximate surface area is 188 Å². The van der Waals surface area contributed by atoms with E-state index in [9.17, 15) is 9.82 Å². The van der Waals surface area contributed by atoms with E-state index in [1.54, 1.807) is 6.20 Å². The molecule has 0 aliphatic carbocycles. The summed E-state index contributed by atoms with van der Waals surface area (Å²) in [5.41, 5.74) is 7.17. The first-order valence-corrected chi connectivity index (χ1v) is 11.1. The fraction of sp³-hybridized carbons (Fsp3) is 0.333. The second-order valence-corrected chi connectivity index (χ2v) is 8.54. The van der Waals surface area contributed by atoms with Crippen LogP contribution in [0.3, 0.4) is 0 Å². The number of nitrogens with one attached hydrogen (secondary N) is 2. The van der Waals surface area contributed by atoms with Gasteiger partial charge in [0.15, 0.2) is 0 Å². The normalized spacial score (nSPS) is 12.4. The van der Waals surface area contributed by atoms with Gasteiger partial charge in [-0.3, -0.25) is 9.78 Å². The highest BCUT2D eigenvalue weighted by Gasteiger charge is 2.21. The van der Waals surface area contributed by atoms with E-state index in [1.165, 1.54) is 0 Å². The number of anilines is 3. The fourth-order valence-electron chi connectivity index (χ4n) is 3.89. The number of amides is 1. The first-order valence-electron chi connectivity index (χ1n) is 11.1. The van der Waals surface area contributed by atoms with Crippen LogP contribution in [-0.2, 0) is 17.6 Å². The van der Waals surface area contributed by atoms with Gasteiger partial charge in [-0.1, -0.05) is 25.4 Å². The Bertz CT molecular complexity index is 1150. The topological polar surface area (TPSA) is 100 Å². The Balaban J connectivity index is 1.58. The van der Waals surface area contributed by atoms with Crippen molar-refractivity contribution in [2.75, 3.05) is 10.6 Å². The molecule has 0 saturated heterocycles. The predicted molar refractivity (Wildman–Crippen MR) is 128 cm³/mol. The lowest BCUT2D eigenvalue weighted by atomic mass is 9.67. The summed E-state index contributed by atoms with van der Waals surface area (Å²) in [7, 11) is 0. The number of pyridine rings is 1. The summed E-state index contributed by atoms with van der Waals surface area (Å²) in [5, 5.41) is 15.7. The van der Waals surface area contributed by atoms with Crippen molar-refractivity contribution in [3.63, 3.8) is 0 Å². The quantitative estimate of drug-likeness (QED) is 0.382. The van der Waals surface area contributed by atoms with Crippen LogP contribution in [0, 0.1) is 13.8 Å². The lowest BCUT2D eigenvalue weighted by molar-refractivity contribution is -0.115. The van der Waals surface area contributed by atoms with E-state index in [4.69, 9.17) is 4.98 Å². The molecule has 7 nitrogen and oxygen atoms in total. The first kappa shape index (κ1) is 22.0. The van der Waals surface area contributed by atoms with Gasteiger partial charge in [-0.15, -0.1) is 0 Å². The average Bonchev–Trinajstić information content (AvgIpc) is 2.87. The molecule has 0 atom stereocenters. The van der Waals surface area contributed by atoms with Crippen LogP contribution in [0.1, 0.15) is 35.2 Å². The van der Waals surface area contributed by atoms with Gasteiger partial charge >= 0.3 is 0 Å². The average molecular weight is 429 g/mol. The van der Waals surface area contributed by atoms with Crippen LogP contribution in [0.25, 0.3) is 11.3 Å². The van der Waals surface area contributed by atoms with Gasteiger partial charge in [0.2, 0.25) is 11.9 Å². The molecule has 0 spiro atoms. The fourth-order valence-corrected chi connectivity index (χ4v) is 3.89. The number of rotatable bonds is 7. The summed E-state index contributed by atoms with van der Waals surface area (Å²) < 4.78 is 0. The summed E-state index contributed by atoms with van der Waals surface area (Å²) in [6.45, 7) is 5.51. The highest BCUT2D eigenvalue weighted by atomic mass is 16.2. The van der Waals surface area contributed by atoms with E-state index in [0.717, 1.165) is 70.6 Å². The molecule has 0 unspecified atom stereocenters. The molecule has 32 heavy (non-hydrogen) atoms. The lowest BCUT2D eigenvalue weighted by Crippen LogP contribution is -2.13. The number of aryl methyl sites for hydroxylation is 3. The maximum atomic E-state index is 12.3. The zero-order valence-electron chi connectivity index (χ0n) is 18.8. The van der Waals surface area contributed by atoms with Gasteiger partial charge in [0.05, 0.1) is 29.2 Å². The number of carbonyl (C=O) groups excluding carboxylic acids is 1. The van der Waals surface area contributed by atoms with E-state index in [0.29, 0.717) is 5.95 Å². The molecule has 3 N–H and O–H groups in total. The molecular weight excluding hydrogens is 401 g/mol.